The van der Waals surface area contributed by atoms with Crippen LogP contribution in [0.1, 0.15) is 11.7 Å². The van der Waals surface area contributed by atoms with E-state index in [1.54, 1.807) is 0 Å². The average Bonchev–Trinajstić information content (AvgIpc) is 2.97. The number of anilines is 3. The summed E-state index contributed by atoms with van der Waals surface area (Å²) in [4.78, 5) is 7.16. The van der Waals surface area contributed by atoms with Crippen LogP contribution in [0.4, 0.5) is 17.1 Å². The summed E-state index contributed by atoms with van der Waals surface area (Å²) in [5.41, 5.74) is 5.18. The number of morpholine rings is 1. The third-order valence-electron chi connectivity index (χ3n) is 5.90. The van der Waals surface area contributed by atoms with Crippen molar-refractivity contribution in [1.82, 2.24) is 0 Å². The van der Waals surface area contributed by atoms with Crippen LogP contribution in [0.2, 0.25) is 0 Å². The molecule has 0 radical (unpaired) electrons. The molecule has 27 heavy (non-hydrogen) atoms. The minimum atomic E-state index is 0.218. The van der Waals surface area contributed by atoms with Crippen LogP contribution in [-0.4, -0.2) is 40.4 Å². The summed E-state index contributed by atoms with van der Waals surface area (Å²) >= 11 is 0. The zero-order valence-corrected chi connectivity index (χ0v) is 15.9. The Bertz CT molecular complexity index is 915. The molecule has 4 nitrogen and oxygen atoms in total. The molecular weight excluding hydrogens is 334 g/mol. The molecule has 1 fully saturated rings. The van der Waals surface area contributed by atoms with Gasteiger partial charge in [0, 0.05) is 32.9 Å². The minimum Gasteiger partial charge on any atom is -0.378 e. The zero-order valence-electron chi connectivity index (χ0n) is 15.9. The Morgan fingerprint density at radius 2 is 1.33 bits per heavy atom. The molecule has 3 aromatic rings. The first-order chi connectivity index (χ1) is 13.2. The fourth-order valence-electron chi connectivity index (χ4n) is 4.43. The molecule has 4 heteroatoms. The van der Waals surface area contributed by atoms with Crippen LogP contribution in [0, 0.1) is 0 Å². The largest absolute Gasteiger partial charge is 0.378 e. The second-order valence-electron chi connectivity index (χ2n) is 7.47. The topological polar surface area (TPSA) is 19.0 Å². The van der Waals surface area contributed by atoms with Crippen molar-refractivity contribution in [1.29, 1.82) is 0 Å². The first-order valence-corrected chi connectivity index (χ1v) is 9.63. The molecule has 0 aliphatic carbocycles. The van der Waals surface area contributed by atoms with Gasteiger partial charge in [-0.2, -0.15) is 0 Å². The Morgan fingerprint density at radius 1 is 0.778 bits per heavy atom. The summed E-state index contributed by atoms with van der Waals surface area (Å²) in [7, 11) is 4.38. The van der Waals surface area contributed by atoms with E-state index in [0.717, 1.165) is 26.3 Å². The summed E-state index contributed by atoms with van der Waals surface area (Å²) in [6.07, 6.45) is 0.218. The Labute approximate surface area is 160 Å². The number of rotatable bonds is 2. The number of hydrogen-bond acceptors (Lipinski definition) is 4. The van der Waals surface area contributed by atoms with Gasteiger partial charge in [0.2, 0.25) is 0 Å². The number of nitrogens with zero attached hydrogens (tertiary/aromatic N) is 3. The van der Waals surface area contributed by atoms with Crippen molar-refractivity contribution in [2.24, 2.45) is 0 Å². The van der Waals surface area contributed by atoms with E-state index in [1.165, 1.54) is 33.4 Å². The molecule has 0 N–H and O–H groups in total. The van der Waals surface area contributed by atoms with Gasteiger partial charge in [0.25, 0.3) is 0 Å². The van der Waals surface area contributed by atoms with Crippen LogP contribution in [0.3, 0.4) is 0 Å². The monoisotopic (exact) mass is 359 g/mol. The van der Waals surface area contributed by atoms with Crippen molar-refractivity contribution >= 4 is 27.8 Å². The Hall–Kier alpha value is -2.72. The summed E-state index contributed by atoms with van der Waals surface area (Å²) in [5.74, 6) is 0. The van der Waals surface area contributed by atoms with Crippen molar-refractivity contribution in [3.05, 3.63) is 66.2 Å². The Kier molecular flexibility index (Phi) is 3.94. The highest BCUT2D eigenvalue weighted by atomic mass is 16.5. The molecule has 5 rings (SSSR count). The quantitative estimate of drug-likeness (QED) is 0.680. The molecule has 0 saturated carbocycles. The van der Waals surface area contributed by atoms with Crippen LogP contribution in [0.25, 0.3) is 10.8 Å². The van der Waals surface area contributed by atoms with E-state index in [0.29, 0.717) is 0 Å². The van der Waals surface area contributed by atoms with E-state index < -0.39 is 0 Å². The Balaban J connectivity index is 1.47. The van der Waals surface area contributed by atoms with Gasteiger partial charge in [-0.25, -0.2) is 0 Å². The van der Waals surface area contributed by atoms with Gasteiger partial charge in [-0.15, -0.1) is 0 Å². The molecule has 0 amide bonds. The molecule has 0 spiro atoms. The van der Waals surface area contributed by atoms with Crippen molar-refractivity contribution in [2.75, 3.05) is 55.1 Å². The fraction of sp³-hybridized carbons (Fsp3) is 0.304. The summed E-state index contributed by atoms with van der Waals surface area (Å²) < 4.78 is 5.47. The van der Waals surface area contributed by atoms with E-state index in [-0.39, 0.29) is 6.17 Å². The lowest BCUT2D eigenvalue weighted by atomic mass is 10.1. The van der Waals surface area contributed by atoms with Gasteiger partial charge < -0.3 is 19.4 Å². The van der Waals surface area contributed by atoms with Gasteiger partial charge in [0.1, 0.15) is 6.17 Å². The van der Waals surface area contributed by atoms with Gasteiger partial charge in [-0.05, 0) is 40.6 Å². The first kappa shape index (κ1) is 16.5. The van der Waals surface area contributed by atoms with Crippen LogP contribution < -0.4 is 14.7 Å². The van der Waals surface area contributed by atoms with Crippen molar-refractivity contribution in [2.45, 2.75) is 6.17 Å². The standard InChI is InChI=1S/C23H25N3O/c1-24-21-15-18-5-3-4-6-19(18)16-22(21)25(2)23(24)17-7-9-20(10-8-17)26-11-13-27-14-12-26/h3-10,15-16,23H,11-14H2,1-2H3. The zero-order chi connectivity index (χ0) is 18.4. The normalized spacial score (nSPS) is 17.6. The maximum atomic E-state index is 5.47. The maximum absolute atomic E-state index is 5.47. The Morgan fingerprint density at radius 3 is 1.89 bits per heavy atom. The van der Waals surface area contributed by atoms with Crippen LogP contribution in [-0.2, 0) is 4.74 Å². The lowest BCUT2D eigenvalue weighted by Crippen LogP contribution is -2.36. The molecule has 1 saturated heterocycles. The molecule has 138 valence electrons. The van der Waals surface area contributed by atoms with Gasteiger partial charge in [0.05, 0.1) is 24.6 Å². The van der Waals surface area contributed by atoms with Gasteiger partial charge in [0.15, 0.2) is 0 Å². The molecule has 2 aliphatic heterocycles. The minimum absolute atomic E-state index is 0.218. The predicted molar refractivity (Wildman–Crippen MR) is 113 cm³/mol. The van der Waals surface area contributed by atoms with Crippen molar-refractivity contribution in [3.63, 3.8) is 0 Å². The van der Waals surface area contributed by atoms with Crippen LogP contribution in [0.15, 0.2) is 60.7 Å². The molecule has 0 atom stereocenters. The van der Waals surface area contributed by atoms with E-state index >= 15 is 0 Å². The lowest BCUT2D eigenvalue weighted by Gasteiger charge is -2.31. The molecule has 0 unspecified atom stereocenters. The van der Waals surface area contributed by atoms with Gasteiger partial charge in [-0.1, -0.05) is 36.4 Å². The summed E-state index contributed by atoms with van der Waals surface area (Å²) in [6, 6.07) is 22.3. The number of fused-ring (bicyclic) bond motifs is 2. The number of hydrogen-bond donors (Lipinski definition) is 0. The molecular formula is C23H25N3O. The second kappa shape index (κ2) is 6.46. The predicted octanol–water partition coefficient (Wildman–Crippen LogP) is 4.26. The number of ether oxygens (including phenoxy) is 1. The SMILES string of the molecule is CN1c2cc3ccccc3cc2N(C)C1c1ccc(N2CCOCC2)cc1. The molecule has 0 bridgehead atoms. The van der Waals surface area contributed by atoms with Crippen molar-refractivity contribution in [3.8, 4) is 0 Å². The van der Waals surface area contributed by atoms with Gasteiger partial charge in [-0.3, -0.25) is 0 Å². The smallest absolute Gasteiger partial charge is 0.128 e. The maximum Gasteiger partial charge on any atom is 0.128 e. The van der Waals surface area contributed by atoms with Crippen molar-refractivity contribution < 1.29 is 4.74 Å². The van der Waals surface area contributed by atoms with E-state index in [1.807, 2.05) is 0 Å². The van der Waals surface area contributed by atoms with E-state index in [2.05, 4.69) is 89.5 Å². The molecule has 2 aliphatic rings. The highest BCUT2D eigenvalue weighted by molar-refractivity contribution is 5.94. The van der Waals surface area contributed by atoms with Crippen LogP contribution in [0.5, 0.6) is 0 Å². The molecule has 0 aromatic heterocycles. The number of benzene rings is 3. The second-order valence-corrected chi connectivity index (χ2v) is 7.47. The van der Waals surface area contributed by atoms with Gasteiger partial charge >= 0.3 is 0 Å². The highest BCUT2D eigenvalue weighted by Crippen LogP contribution is 2.46. The summed E-state index contributed by atoms with van der Waals surface area (Å²) in [6.45, 7) is 3.58. The third-order valence-corrected chi connectivity index (χ3v) is 5.90. The van der Waals surface area contributed by atoms with E-state index in [4.69, 9.17) is 4.74 Å². The molecule has 2 heterocycles. The lowest BCUT2D eigenvalue weighted by molar-refractivity contribution is 0.122. The fourth-order valence-corrected chi connectivity index (χ4v) is 4.43. The third kappa shape index (κ3) is 2.72. The first-order valence-electron chi connectivity index (χ1n) is 9.63. The molecule has 3 aromatic carbocycles. The highest BCUT2D eigenvalue weighted by Gasteiger charge is 2.32. The summed E-state index contributed by atoms with van der Waals surface area (Å²) in [5, 5.41) is 2.58. The average molecular weight is 359 g/mol. The van der Waals surface area contributed by atoms with Crippen LogP contribution >= 0.6 is 0 Å². The van der Waals surface area contributed by atoms with E-state index in [9.17, 15) is 0 Å².